The minimum atomic E-state index is 0.0712. The molecule has 0 bridgehead atoms. The van der Waals surface area contributed by atoms with Gasteiger partial charge in [-0.15, -0.1) is 0 Å². The maximum atomic E-state index is 6.34. The van der Waals surface area contributed by atoms with Gasteiger partial charge in [-0.05, 0) is 32.4 Å². The minimum Gasteiger partial charge on any atom is -0.326 e. The largest absolute Gasteiger partial charge is 0.326 e. The van der Waals surface area contributed by atoms with Gasteiger partial charge in [-0.25, -0.2) is 0 Å². The molecule has 0 aromatic heterocycles. The summed E-state index contributed by atoms with van der Waals surface area (Å²) in [4.78, 5) is 2.43. The Morgan fingerprint density at radius 2 is 1.36 bits per heavy atom. The smallest absolute Gasteiger partial charge is 0.0309 e. The van der Waals surface area contributed by atoms with Crippen LogP contribution in [-0.2, 0) is 0 Å². The van der Waals surface area contributed by atoms with Gasteiger partial charge >= 0.3 is 0 Å². The van der Waals surface area contributed by atoms with Gasteiger partial charge in [-0.2, -0.15) is 0 Å². The molecular formula is C12H28N2. The van der Waals surface area contributed by atoms with Gasteiger partial charge in [0.1, 0.15) is 0 Å². The zero-order valence-electron chi connectivity index (χ0n) is 11.0. The fraction of sp³-hybridized carbons (Fsp3) is 1.00. The van der Waals surface area contributed by atoms with Crippen molar-refractivity contribution in [2.75, 3.05) is 13.1 Å². The SMILES string of the molecule is CCN(CC)C(C)(C)C(N)C(C)(C)C. The van der Waals surface area contributed by atoms with Crippen LogP contribution in [0, 0.1) is 5.41 Å². The minimum absolute atomic E-state index is 0.0712. The number of hydrogen-bond acceptors (Lipinski definition) is 2. The lowest BCUT2D eigenvalue weighted by Crippen LogP contribution is -2.60. The van der Waals surface area contributed by atoms with Crippen LogP contribution in [-0.4, -0.2) is 29.6 Å². The van der Waals surface area contributed by atoms with Gasteiger partial charge in [-0.3, -0.25) is 4.90 Å². The average molecular weight is 200 g/mol. The highest BCUT2D eigenvalue weighted by molar-refractivity contribution is 4.97. The molecule has 0 fully saturated rings. The topological polar surface area (TPSA) is 29.3 Å². The summed E-state index contributed by atoms with van der Waals surface area (Å²) in [5.74, 6) is 0. The lowest BCUT2D eigenvalue weighted by Gasteiger charge is -2.47. The van der Waals surface area contributed by atoms with Crippen LogP contribution in [0.25, 0.3) is 0 Å². The average Bonchev–Trinajstić information content (AvgIpc) is 2.03. The number of likely N-dealkylation sites (N-methyl/N-ethyl adjacent to an activating group) is 1. The van der Waals surface area contributed by atoms with E-state index in [0.717, 1.165) is 13.1 Å². The van der Waals surface area contributed by atoms with E-state index in [-0.39, 0.29) is 17.0 Å². The summed E-state index contributed by atoms with van der Waals surface area (Å²) in [5.41, 5.74) is 6.57. The predicted molar refractivity (Wildman–Crippen MR) is 64.4 cm³/mol. The number of nitrogens with zero attached hydrogens (tertiary/aromatic N) is 1. The fourth-order valence-corrected chi connectivity index (χ4v) is 2.30. The second-order valence-corrected chi connectivity index (χ2v) is 5.67. The van der Waals surface area contributed by atoms with E-state index in [2.05, 4.69) is 53.4 Å². The molecule has 0 aromatic carbocycles. The summed E-state index contributed by atoms with van der Waals surface area (Å²) in [5, 5.41) is 0. The molecule has 2 heteroatoms. The van der Waals surface area contributed by atoms with E-state index >= 15 is 0 Å². The second kappa shape index (κ2) is 4.63. The zero-order valence-corrected chi connectivity index (χ0v) is 11.0. The molecule has 0 rings (SSSR count). The van der Waals surface area contributed by atoms with Gasteiger partial charge in [0, 0.05) is 11.6 Å². The van der Waals surface area contributed by atoms with Crippen molar-refractivity contribution >= 4 is 0 Å². The van der Waals surface area contributed by atoms with Crippen molar-refractivity contribution in [1.82, 2.24) is 4.90 Å². The zero-order chi connectivity index (χ0) is 11.6. The van der Waals surface area contributed by atoms with E-state index in [4.69, 9.17) is 5.73 Å². The molecule has 0 aliphatic rings. The molecule has 1 atom stereocenters. The van der Waals surface area contributed by atoms with Crippen LogP contribution in [0.5, 0.6) is 0 Å². The molecule has 0 saturated carbocycles. The van der Waals surface area contributed by atoms with Crippen molar-refractivity contribution in [2.24, 2.45) is 11.1 Å². The Labute approximate surface area is 89.9 Å². The Morgan fingerprint density at radius 1 is 1.00 bits per heavy atom. The molecule has 1 unspecified atom stereocenters. The Balaban J connectivity index is 4.75. The third-order valence-corrected chi connectivity index (χ3v) is 3.27. The van der Waals surface area contributed by atoms with E-state index in [1.807, 2.05) is 0 Å². The van der Waals surface area contributed by atoms with Crippen LogP contribution in [0.15, 0.2) is 0 Å². The first-order chi connectivity index (χ1) is 6.17. The third-order valence-electron chi connectivity index (χ3n) is 3.27. The molecule has 0 heterocycles. The molecule has 0 radical (unpaired) electrons. The van der Waals surface area contributed by atoms with Gasteiger partial charge in [0.25, 0.3) is 0 Å². The first-order valence-electron chi connectivity index (χ1n) is 5.68. The quantitative estimate of drug-likeness (QED) is 0.755. The molecule has 14 heavy (non-hydrogen) atoms. The summed E-state index contributed by atoms with van der Waals surface area (Å²) in [6.45, 7) is 17.6. The van der Waals surface area contributed by atoms with E-state index in [0.29, 0.717) is 0 Å². The van der Waals surface area contributed by atoms with E-state index < -0.39 is 0 Å². The van der Waals surface area contributed by atoms with Crippen molar-refractivity contribution in [3.8, 4) is 0 Å². The molecular weight excluding hydrogens is 172 g/mol. The monoisotopic (exact) mass is 200 g/mol. The lowest BCUT2D eigenvalue weighted by molar-refractivity contribution is 0.0617. The molecule has 0 aliphatic heterocycles. The van der Waals surface area contributed by atoms with E-state index in [1.54, 1.807) is 0 Å². The van der Waals surface area contributed by atoms with Crippen LogP contribution in [0.1, 0.15) is 48.5 Å². The standard InChI is InChI=1S/C12H28N2/c1-8-14(9-2)12(6,7)10(13)11(3,4)5/h10H,8-9,13H2,1-7H3. The van der Waals surface area contributed by atoms with E-state index in [9.17, 15) is 0 Å². The number of rotatable bonds is 4. The first-order valence-corrected chi connectivity index (χ1v) is 5.68. The molecule has 0 spiro atoms. The van der Waals surface area contributed by atoms with Crippen LogP contribution in [0.3, 0.4) is 0 Å². The van der Waals surface area contributed by atoms with Gasteiger partial charge < -0.3 is 5.73 Å². The normalized spacial score (nSPS) is 16.1. The summed E-state index contributed by atoms with van der Waals surface area (Å²) in [6.07, 6.45) is 0. The Morgan fingerprint density at radius 3 is 1.57 bits per heavy atom. The highest BCUT2D eigenvalue weighted by Crippen LogP contribution is 2.29. The van der Waals surface area contributed by atoms with Crippen molar-refractivity contribution < 1.29 is 0 Å². The Hall–Kier alpha value is -0.0800. The summed E-state index contributed by atoms with van der Waals surface area (Å²) in [6, 6.07) is 0.190. The first kappa shape index (κ1) is 13.9. The molecule has 0 aromatic rings. The highest BCUT2D eigenvalue weighted by atomic mass is 15.2. The summed E-state index contributed by atoms with van der Waals surface area (Å²) >= 11 is 0. The highest BCUT2D eigenvalue weighted by Gasteiger charge is 2.38. The second-order valence-electron chi connectivity index (χ2n) is 5.67. The van der Waals surface area contributed by atoms with Crippen molar-refractivity contribution in [2.45, 2.75) is 60.0 Å². The van der Waals surface area contributed by atoms with E-state index in [1.165, 1.54) is 0 Å². The maximum absolute atomic E-state index is 6.34. The lowest BCUT2D eigenvalue weighted by atomic mass is 9.75. The third kappa shape index (κ3) is 2.96. The molecule has 2 nitrogen and oxygen atoms in total. The van der Waals surface area contributed by atoms with Gasteiger partial charge in [0.05, 0.1) is 0 Å². The maximum Gasteiger partial charge on any atom is 0.0309 e. The molecule has 0 aliphatic carbocycles. The fourth-order valence-electron chi connectivity index (χ4n) is 2.30. The molecule has 2 N–H and O–H groups in total. The molecule has 0 saturated heterocycles. The van der Waals surface area contributed by atoms with Crippen molar-refractivity contribution in [1.29, 1.82) is 0 Å². The summed E-state index contributed by atoms with van der Waals surface area (Å²) in [7, 11) is 0. The molecule has 0 amide bonds. The van der Waals surface area contributed by atoms with Crippen LogP contribution >= 0.6 is 0 Å². The van der Waals surface area contributed by atoms with Crippen LogP contribution in [0.4, 0.5) is 0 Å². The number of nitrogens with two attached hydrogens (primary N) is 1. The number of hydrogen-bond donors (Lipinski definition) is 1. The summed E-state index contributed by atoms with van der Waals surface area (Å²) < 4.78 is 0. The van der Waals surface area contributed by atoms with Crippen molar-refractivity contribution in [3.63, 3.8) is 0 Å². The Kier molecular flexibility index (Phi) is 4.60. The van der Waals surface area contributed by atoms with Crippen LogP contribution in [0.2, 0.25) is 0 Å². The van der Waals surface area contributed by atoms with Crippen molar-refractivity contribution in [3.05, 3.63) is 0 Å². The Bertz CT molecular complexity index is 164. The molecule has 86 valence electrons. The predicted octanol–water partition coefficient (Wildman–Crippen LogP) is 2.48. The van der Waals surface area contributed by atoms with Gasteiger partial charge in [0.15, 0.2) is 0 Å². The van der Waals surface area contributed by atoms with Crippen LogP contribution < -0.4 is 5.73 Å². The van der Waals surface area contributed by atoms with Gasteiger partial charge in [0.2, 0.25) is 0 Å². The van der Waals surface area contributed by atoms with Gasteiger partial charge in [-0.1, -0.05) is 34.6 Å².